The van der Waals surface area contributed by atoms with Crippen LogP contribution in [0.25, 0.3) is 0 Å². The number of fused-ring (bicyclic) bond motifs is 1. The van der Waals surface area contributed by atoms with Gasteiger partial charge >= 0.3 is 12.1 Å². The van der Waals surface area contributed by atoms with Gasteiger partial charge in [-0.25, -0.2) is 4.79 Å². The minimum absolute atomic E-state index is 0.0343. The van der Waals surface area contributed by atoms with Crippen molar-refractivity contribution in [3.8, 4) is 0 Å². The fraction of sp³-hybridized carbons (Fsp3) is 0.833. The van der Waals surface area contributed by atoms with E-state index in [2.05, 4.69) is 0 Å². The Hall–Kier alpha value is -1.27. The SMILES string of the molecule is O=C(O)[C@@H]1C[C@H]2CCCC[C@H]2N1C(=O)CC(F)(F)F. The van der Waals surface area contributed by atoms with Crippen molar-refractivity contribution in [1.29, 1.82) is 0 Å². The normalized spacial score (nSPS) is 31.1. The summed E-state index contributed by atoms with van der Waals surface area (Å²) >= 11 is 0. The summed E-state index contributed by atoms with van der Waals surface area (Å²) in [7, 11) is 0. The third-order valence-corrected chi connectivity index (χ3v) is 4.01. The Bertz CT molecular complexity index is 383. The van der Waals surface area contributed by atoms with Crippen LogP contribution in [-0.4, -0.2) is 40.1 Å². The van der Waals surface area contributed by atoms with Gasteiger partial charge in [0, 0.05) is 6.04 Å². The van der Waals surface area contributed by atoms with E-state index in [0.29, 0.717) is 6.42 Å². The molecule has 3 atom stereocenters. The molecule has 19 heavy (non-hydrogen) atoms. The van der Waals surface area contributed by atoms with E-state index in [0.717, 1.165) is 24.2 Å². The summed E-state index contributed by atoms with van der Waals surface area (Å²) in [6.07, 6.45) is -2.68. The predicted octanol–water partition coefficient (Wildman–Crippen LogP) is 2.18. The molecule has 0 aromatic rings. The van der Waals surface area contributed by atoms with Gasteiger partial charge in [0.1, 0.15) is 12.5 Å². The Kier molecular flexibility index (Phi) is 3.73. The van der Waals surface area contributed by atoms with Crippen molar-refractivity contribution in [1.82, 2.24) is 4.90 Å². The molecule has 4 nitrogen and oxygen atoms in total. The Morgan fingerprint density at radius 2 is 1.84 bits per heavy atom. The number of halogens is 3. The van der Waals surface area contributed by atoms with Crippen LogP contribution >= 0.6 is 0 Å². The lowest BCUT2D eigenvalue weighted by Crippen LogP contribution is -2.47. The monoisotopic (exact) mass is 279 g/mol. The number of carboxylic acids is 1. The minimum atomic E-state index is -4.59. The number of carboxylic acid groups (broad SMARTS) is 1. The van der Waals surface area contributed by atoms with E-state index in [1.165, 1.54) is 0 Å². The molecule has 0 bridgehead atoms. The van der Waals surface area contributed by atoms with Gasteiger partial charge < -0.3 is 10.0 Å². The number of nitrogens with zero attached hydrogens (tertiary/aromatic N) is 1. The van der Waals surface area contributed by atoms with E-state index in [9.17, 15) is 22.8 Å². The van der Waals surface area contributed by atoms with Crippen molar-refractivity contribution < 1.29 is 27.9 Å². The van der Waals surface area contributed by atoms with Crippen molar-refractivity contribution in [3.05, 3.63) is 0 Å². The fourth-order valence-electron chi connectivity index (χ4n) is 3.30. The summed E-state index contributed by atoms with van der Waals surface area (Å²) in [5.74, 6) is -2.27. The second-order valence-corrected chi connectivity index (χ2v) is 5.29. The predicted molar refractivity (Wildman–Crippen MR) is 59.3 cm³/mol. The molecule has 1 aliphatic carbocycles. The molecular weight excluding hydrogens is 263 g/mol. The average molecular weight is 279 g/mol. The molecule has 2 aliphatic rings. The Morgan fingerprint density at radius 1 is 1.21 bits per heavy atom. The van der Waals surface area contributed by atoms with Crippen LogP contribution in [-0.2, 0) is 9.59 Å². The van der Waals surface area contributed by atoms with Crippen molar-refractivity contribution >= 4 is 11.9 Å². The van der Waals surface area contributed by atoms with Crippen molar-refractivity contribution in [3.63, 3.8) is 0 Å². The third-order valence-electron chi connectivity index (χ3n) is 4.01. The largest absolute Gasteiger partial charge is 0.480 e. The number of rotatable bonds is 2. The van der Waals surface area contributed by atoms with Crippen LogP contribution in [0.5, 0.6) is 0 Å². The Morgan fingerprint density at radius 3 is 2.42 bits per heavy atom. The molecule has 1 saturated carbocycles. The zero-order valence-corrected chi connectivity index (χ0v) is 10.3. The molecule has 0 radical (unpaired) electrons. The molecule has 0 aromatic carbocycles. The smallest absolute Gasteiger partial charge is 0.397 e. The number of alkyl halides is 3. The first kappa shape index (κ1) is 14.1. The van der Waals surface area contributed by atoms with Crippen LogP contribution in [0.4, 0.5) is 13.2 Å². The van der Waals surface area contributed by atoms with E-state index in [1.54, 1.807) is 0 Å². The third kappa shape index (κ3) is 3.01. The molecule has 1 heterocycles. The Balaban J connectivity index is 2.17. The molecule has 0 aromatic heterocycles. The molecule has 7 heteroatoms. The van der Waals surface area contributed by atoms with Gasteiger partial charge in [0.05, 0.1) is 0 Å². The van der Waals surface area contributed by atoms with Gasteiger partial charge in [0.15, 0.2) is 0 Å². The van der Waals surface area contributed by atoms with Gasteiger partial charge in [0.25, 0.3) is 0 Å². The molecule has 1 amide bonds. The molecule has 108 valence electrons. The van der Waals surface area contributed by atoms with Gasteiger partial charge in [-0.1, -0.05) is 12.8 Å². The summed E-state index contributed by atoms with van der Waals surface area (Å²) in [4.78, 5) is 23.9. The number of hydrogen-bond donors (Lipinski definition) is 1. The molecule has 1 N–H and O–H groups in total. The van der Waals surface area contributed by atoms with Crippen LogP contribution in [0, 0.1) is 5.92 Å². The molecule has 1 saturated heterocycles. The zero-order chi connectivity index (χ0) is 14.2. The van der Waals surface area contributed by atoms with Crippen LogP contribution < -0.4 is 0 Å². The second kappa shape index (κ2) is 5.02. The summed E-state index contributed by atoms with van der Waals surface area (Å²) in [6, 6.07) is -1.42. The maximum absolute atomic E-state index is 12.3. The zero-order valence-electron chi connectivity index (χ0n) is 10.3. The highest BCUT2D eigenvalue weighted by molar-refractivity contribution is 5.85. The van der Waals surface area contributed by atoms with Crippen molar-refractivity contribution in [2.24, 2.45) is 5.92 Å². The number of likely N-dealkylation sites (tertiary alicyclic amines) is 1. The van der Waals surface area contributed by atoms with Gasteiger partial charge in [-0.05, 0) is 25.2 Å². The van der Waals surface area contributed by atoms with Crippen LogP contribution in [0.15, 0.2) is 0 Å². The second-order valence-electron chi connectivity index (χ2n) is 5.29. The van der Waals surface area contributed by atoms with E-state index in [-0.39, 0.29) is 18.4 Å². The topological polar surface area (TPSA) is 57.6 Å². The van der Waals surface area contributed by atoms with Gasteiger partial charge in [-0.2, -0.15) is 13.2 Å². The van der Waals surface area contributed by atoms with Crippen LogP contribution in [0.2, 0.25) is 0 Å². The summed E-state index contributed by atoms with van der Waals surface area (Å²) in [5, 5.41) is 9.10. The molecule has 2 rings (SSSR count). The molecule has 0 spiro atoms. The maximum atomic E-state index is 12.3. The van der Waals surface area contributed by atoms with E-state index in [4.69, 9.17) is 5.11 Å². The molecular formula is C12H16F3NO3. The fourth-order valence-corrected chi connectivity index (χ4v) is 3.30. The van der Waals surface area contributed by atoms with E-state index in [1.807, 2.05) is 0 Å². The van der Waals surface area contributed by atoms with E-state index < -0.39 is 30.5 Å². The summed E-state index contributed by atoms with van der Waals surface area (Å²) in [5.41, 5.74) is 0. The first-order valence-corrected chi connectivity index (χ1v) is 6.40. The number of amides is 1. The van der Waals surface area contributed by atoms with Gasteiger partial charge in [-0.3, -0.25) is 4.79 Å². The first-order valence-electron chi connectivity index (χ1n) is 6.40. The summed E-state index contributed by atoms with van der Waals surface area (Å²) < 4.78 is 37.0. The molecule has 1 aliphatic heterocycles. The molecule has 2 fully saturated rings. The highest BCUT2D eigenvalue weighted by Crippen LogP contribution is 2.40. The lowest BCUT2D eigenvalue weighted by atomic mass is 9.84. The highest BCUT2D eigenvalue weighted by atomic mass is 19.4. The standard InChI is InChI=1S/C12H16F3NO3/c13-12(14,15)6-10(17)16-8-4-2-1-3-7(8)5-9(16)11(18)19/h7-9H,1-6H2,(H,18,19)/t7-,8-,9+/m1/s1. The van der Waals surface area contributed by atoms with Crippen LogP contribution in [0.1, 0.15) is 38.5 Å². The van der Waals surface area contributed by atoms with Gasteiger partial charge in [-0.15, -0.1) is 0 Å². The quantitative estimate of drug-likeness (QED) is 0.843. The highest BCUT2D eigenvalue weighted by Gasteiger charge is 2.49. The van der Waals surface area contributed by atoms with Crippen molar-refractivity contribution in [2.75, 3.05) is 0 Å². The minimum Gasteiger partial charge on any atom is -0.480 e. The van der Waals surface area contributed by atoms with E-state index >= 15 is 0 Å². The number of carbonyl (C=O) groups excluding carboxylic acids is 1. The lowest BCUT2D eigenvalue weighted by molar-refractivity contribution is -0.167. The van der Waals surface area contributed by atoms with Gasteiger partial charge in [0.2, 0.25) is 5.91 Å². The number of hydrogen-bond acceptors (Lipinski definition) is 2. The van der Waals surface area contributed by atoms with Crippen LogP contribution in [0.3, 0.4) is 0 Å². The molecule has 0 unspecified atom stereocenters. The average Bonchev–Trinajstić information content (AvgIpc) is 2.65. The summed E-state index contributed by atoms with van der Waals surface area (Å²) in [6.45, 7) is 0. The van der Waals surface area contributed by atoms with Crippen molar-refractivity contribution in [2.45, 2.75) is 56.8 Å². The number of aliphatic carboxylic acids is 1. The maximum Gasteiger partial charge on any atom is 0.397 e. The lowest BCUT2D eigenvalue weighted by Gasteiger charge is -2.33. The first-order chi connectivity index (χ1) is 8.79. The Labute approximate surface area is 108 Å². The number of carbonyl (C=O) groups is 2.